The van der Waals surface area contributed by atoms with Crippen molar-refractivity contribution in [3.05, 3.63) is 34.4 Å². The molecule has 0 radical (unpaired) electrons. The van der Waals surface area contributed by atoms with Crippen LogP contribution in [0.1, 0.15) is 15.5 Å². The van der Waals surface area contributed by atoms with Crippen LogP contribution in [0.4, 0.5) is 0 Å². The van der Waals surface area contributed by atoms with E-state index in [1.807, 2.05) is 0 Å². The molecule has 82 valence electrons. The molecule has 2 heterocycles. The Bertz CT molecular complexity index is 524. The molecule has 6 heteroatoms. The second-order valence-corrected chi connectivity index (χ2v) is 3.91. The molecule has 0 saturated carbocycles. The summed E-state index contributed by atoms with van der Waals surface area (Å²) in [5, 5.41) is 10.4. The molecule has 1 N–H and O–H groups in total. The second-order valence-electron chi connectivity index (χ2n) is 3.00. The van der Waals surface area contributed by atoms with Crippen molar-refractivity contribution in [2.45, 2.75) is 6.92 Å². The van der Waals surface area contributed by atoms with E-state index in [9.17, 15) is 4.79 Å². The Balaban J connectivity index is 2.17. The summed E-state index contributed by atoms with van der Waals surface area (Å²) in [4.78, 5) is 18.9. The average Bonchev–Trinajstić information content (AvgIpc) is 2.66. The molecule has 2 aromatic heterocycles. The van der Waals surface area contributed by atoms with Crippen molar-refractivity contribution in [3.8, 4) is 11.6 Å². The van der Waals surface area contributed by atoms with Gasteiger partial charge in [0.05, 0.1) is 0 Å². The fourth-order valence-electron chi connectivity index (χ4n) is 1.10. The molecule has 0 bridgehead atoms. The number of aromatic nitrogens is 2. The van der Waals surface area contributed by atoms with E-state index < -0.39 is 5.97 Å². The first-order valence-electron chi connectivity index (χ1n) is 4.44. The van der Waals surface area contributed by atoms with Crippen molar-refractivity contribution in [1.82, 2.24) is 9.97 Å². The molecule has 16 heavy (non-hydrogen) atoms. The van der Waals surface area contributed by atoms with Crippen molar-refractivity contribution in [1.29, 1.82) is 0 Å². The van der Waals surface area contributed by atoms with Crippen LogP contribution in [0, 0.1) is 6.92 Å². The van der Waals surface area contributed by atoms with E-state index in [1.165, 1.54) is 6.07 Å². The Morgan fingerprint density at radius 3 is 3.00 bits per heavy atom. The number of carboxylic acid groups (broad SMARTS) is 1. The van der Waals surface area contributed by atoms with Crippen LogP contribution < -0.4 is 4.74 Å². The van der Waals surface area contributed by atoms with Crippen molar-refractivity contribution in [2.75, 3.05) is 0 Å². The predicted molar refractivity (Wildman–Crippen MR) is 58.1 cm³/mol. The average molecular weight is 236 g/mol. The van der Waals surface area contributed by atoms with E-state index in [0.717, 1.165) is 11.3 Å². The Morgan fingerprint density at radius 1 is 1.56 bits per heavy atom. The minimum absolute atomic E-state index is 0.237. The summed E-state index contributed by atoms with van der Waals surface area (Å²) in [5.41, 5.74) is 0. The van der Waals surface area contributed by atoms with Gasteiger partial charge in [0.1, 0.15) is 16.5 Å². The van der Waals surface area contributed by atoms with Gasteiger partial charge in [-0.3, -0.25) is 0 Å². The van der Waals surface area contributed by atoms with Crippen LogP contribution in [0.5, 0.6) is 11.6 Å². The standard InChI is InChI=1S/C10H8N2O3S/c1-6-11-3-2-9(12-6)15-7-4-8(10(13)14)16-5-7/h2-5H,1H3,(H,13,14). The maximum Gasteiger partial charge on any atom is 0.346 e. The zero-order valence-corrected chi connectivity index (χ0v) is 9.19. The summed E-state index contributed by atoms with van der Waals surface area (Å²) in [6.45, 7) is 1.75. The molecule has 0 amide bonds. The molecule has 0 atom stereocenters. The Labute approximate surface area is 95.4 Å². The summed E-state index contributed by atoms with van der Waals surface area (Å²) >= 11 is 1.11. The largest absolute Gasteiger partial charge is 0.477 e. The number of hydrogen-bond acceptors (Lipinski definition) is 5. The lowest BCUT2D eigenvalue weighted by molar-refractivity contribution is 0.0702. The summed E-state index contributed by atoms with van der Waals surface area (Å²) in [5.74, 6) is 0.521. The van der Waals surface area contributed by atoms with Gasteiger partial charge in [0.2, 0.25) is 5.88 Å². The quantitative estimate of drug-likeness (QED) is 0.885. The highest BCUT2D eigenvalue weighted by Crippen LogP contribution is 2.25. The van der Waals surface area contributed by atoms with Gasteiger partial charge in [0.15, 0.2) is 0 Å². The van der Waals surface area contributed by atoms with Crippen molar-refractivity contribution >= 4 is 17.3 Å². The van der Waals surface area contributed by atoms with Crippen LogP contribution in [0.3, 0.4) is 0 Å². The van der Waals surface area contributed by atoms with Gasteiger partial charge in [0, 0.05) is 23.7 Å². The maximum absolute atomic E-state index is 10.7. The minimum atomic E-state index is -0.960. The number of nitrogens with zero attached hydrogens (tertiary/aromatic N) is 2. The summed E-state index contributed by atoms with van der Waals surface area (Å²) in [7, 11) is 0. The third-order valence-electron chi connectivity index (χ3n) is 1.76. The lowest BCUT2D eigenvalue weighted by Gasteiger charge is -2.01. The van der Waals surface area contributed by atoms with Crippen LogP contribution in [-0.2, 0) is 0 Å². The van der Waals surface area contributed by atoms with E-state index in [0.29, 0.717) is 17.5 Å². The first-order valence-corrected chi connectivity index (χ1v) is 5.32. The summed E-state index contributed by atoms with van der Waals surface area (Å²) in [6, 6.07) is 3.08. The second kappa shape index (κ2) is 4.28. The SMILES string of the molecule is Cc1nccc(Oc2csc(C(=O)O)c2)n1. The van der Waals surface area contributed by atoms with Crippen LogP contribution in [0.2, 0.25) is 0 Å². The number of ether oxygens (including phenoxy) is 1. The van der Waals surface area contributed by atoms with Crippen LogP contribution in [0.25, 0.3) is 0 Å². The highest BCUT2D eigenvalue weighted by Gasteiger charge is 2.08. The molecule has 0 fully saturated rings. The molecule has 2 rings (SSSR count). The number of carbonyl (C=O) groups is 1. The molecule has 0 aromatic carbocycles. The lowest BCUT2D eigenvalue weighted by Crippen LogP contribution is -1.92. The van der Waals surface area contributed by atoms with Crippen molar-refractivity contribution in [2.24, 2.45) is 0 Å². The topological polar surface area (TPSA) is 72.3 Å². The number of carboxylic acids is 1. The van der Waals surface area contributed by atoms with Gasteiger partial charge in [-0.15, -0.1) is 11.3 Å². The van der Waals surface area contributed by atoms with Crippen molar-refractivity contribution < 1.29 is 14.6 Å². The fraction of sp³-hybridized carbons (Fsp3) is 0.100. The van der Waals surface area contributed by atoms with E-state index in [4.69, 9.17) is 9.84 Å². The molecular weight excluding hydrogens is 228 g/mol. The zero-order chi connectivity index (χ0) is 11.5. The monoisotopic (exact) mass is 236 g/mol. The predicted octanol–water partition coefficient (Wildman–Crippen LogP) is 2.34. The van der Waals surface area contributed by atoms with Gasteiger partial charge in [-0.1, -0.05) is 0 Å². The molecule has 2 aromatic rings. The molecule has 0 spiro atoms. The highest BCUT2D eigenvalue weighted by atomic mass is 32.1. The molecule has 0 aliphatic heterocycles. The van der Waals surface area contributed by atoms with Gasteiger partial charge >= 0.3 is 5.97 Å². The van der Waals surface area contributed by atoms with Gasteiger partial charge in [0.25, 0.3) is 0 Å². The molecule has 0 aliphatic carbocycles. The van der Waals surface area contributed by atoms with E-state index >= 15 is 0 Å². The highest BCUT2D eigenvalue weighted by molar-refractivity contribution is 7.12. The number of aromatic carboxylic acids is 1. The van der Waals surface area contributed by atoms with Gasteiger partial charge in [-0.25, -0.2) is 9.78 Å². The third kappa shape index (κ3) is 2.34. The summed E-state index contributed by atoms with van der Waals surface area (Å²) < 4.78 is 5.39. The fourth-order valence-corrected chi connectivity index (χ4v) is 1.74. The molecule has 0 unspecified atom stereocenters. The molecule has 5 nitrogen and oxygen atoms in total. The zero-order valence-electron chi connectivity index (χ0n) is 8.38. The van der Waals surface area contributed by atoms with Crippen LogP contribution in [-0.4, -0.2) is 21.0 Å². The molecular formula is C10H8N2O3S. The van der Waals surface area contributed by atoms with Crippen LogP contribution in [0.15, 0.2) is 23.7 Å². The smallest absolute Gasteiger partial charge is 0.346 e. The first-order chi connectivity index (χ1) is 7.65. The lowest BCUT2D eigenvalue weighted by atomic mass is 10.4. The molecule has 0 aliphatic rings. The first kappa shape index (κ1) is 10.6. The van der Waals surface area contributed by atoms with Crippen molar-refractivity contribution in [3.63, 3.8) is 0 Å². The van der Waals surface area contributed by atoms with Gasteiger partial charge in [-0.05, 0) is 6.92 Å². The molecule has 0 saturated heterocycles. The van der Waals surface area contributed by atoms with Gasteiger partial charge in [-0.2, -0.15) is 4.98 Å². The maximum atomic E-state index is 10.7. The minimum Gasteiger partial charge on any atom is -0.477 e. The number of thiophene rings is 1. The number of rotatable bonds is 3. The summed E-state index contributed by atoms with van der Waals surface area (Å²) in [6.07, 6.45) is 1.59. The van der Waals surface area contributed by atoms with E-state index in [2.05, 4.69) is 9.97 Å². The Morgan fingerprint density at radius 2 is 2.38 bits per heavy atom. The number of aryl methyl sites for hydroxylation is 1. The number of hydrogen-bond donors (Lipinski definition) is 1. The van der Waals surface area contributed by atoms with E-state index in [-0.39, 0.29) is 4.88 Å². The Hall–Kier alpha value is -1.95. The van der Waals surface area contributed by atoms with Gasteiger partial charge < -0.3 is 9.84 Å². The normalized spacial score (nSPS) is 10.1. The Kier molecular flexibility index (Phi) is 2.82. The van der Waals surface area contributed by atoms with E-state index in [1.54, 1.807) is 24.6 Å². The van der Waals surface area contributed by atoms with Crippen LogP contribution >= 0.6 is 11.3 Å². The third-order valence-corrected chi connectivity index (χ3v) is 2.66.